The maximum Gasteiger partial charge on any atom is 0.167 e. The topological polar surface area (TPSA) is 69.0 Å². The van der Waals surface area contributed by atoms with Crippen LogP contribution in [0.4, 0.5) is 10.2 Å². The summed E-state index contributed by atoms with van der Waals surface area (Å²) >= 11 is 0. The molecule has 0 aliphatic carbocycles. The highest BCUT2D eigenvalue weighted by Crippen LogP contribution is 2.33. The van der Waals surface area contributed by atoms with Crippen LogP contribution in [0.5, 0.6) is 5.75 Å². The maximum atomic E-state index is 14.0. The number of aromatic nitrogens is 5. The van der Waals surface area contributed by atoms with Gasteiger partial charge in [0, 0.05) is 37.0 Å². The predicted molar refractivity (Wildman–Crippen MR) is 95.9 cm³/mol. The van der Waals surface area contributed by atoms with Crippen molar-refractivity contribution in [1.82, 2.24) is 24.7 Å². The second-order valence-corrected chi connectivity index (χ2v) is 6.46. The van der Waals surface area contributed by atoms with E-state index in [4.69, 9.17) is 4.74 Å². The van der Waals surface area contributed by atoms with Gasteiger partial charge < -0.3 is 14.2 Å². The Morgan fingerprint density at radius 2 is 2.19 bits per heavy atom. The van der Waals surface area contributed by atoms with Crippen LogP contribution in [0, 0.1) is 5.82 Å². The molecule has 2 aromatic heterocycles. The fourth-order valence-corrected chi connectivity index (χ4v) is 3.66. The summed E-state index contributed by atoms with van der Waals surface area (Å²) in [4.78, 5) is 10.9. The van der Waals surface area contributed by atoms with Crippen molar-refractivity contribution >= 4 is 16.7 Å². The van der Waals surface area contributed by atoms with Crippen LogP contribution in [-0.2, 0) is 6.54 Å². The second kappa shape index (κ2) is 6.86. The first kappa shape index (κ1) is 16.7. The summed E-state index contributed by atoms with van der Waals surface area (Å²) in [6.45, 7) is 4.63. The van der Waals surface area contributed by atoms with Gasteiger partial charge in [0.05, 0.1) is 12.6 Å². The van der Waals surface area contributed by atoms with Crippen LogP contribution in [0.3, 0.4) is 0 Å². The quantitative estimate of drug-likeness (QED) is 0.716. The van der Waals surface area contributed by atoms with Gasteiger partial charge in [0.2, 0.25) is 0 Å². The van der Waals surface area contributed by atoms with Crippen LogP contribution in [0.2, 0.25) is 0 Å². The summed E-state index contributed by atoms with van der Waals surface area (Å²) in [5.41, 5.74) is 0.576. The third kappa shape index (κ3) is 2.85. The molecule has 26 heavy (non-hydrogen) atoms. The average molecular weight is 356 g/mol. The number of benzene rings is 1. The minimum atomic E-state index is -0.419. The van der Waals surface area contributed by atoms with Gasteiger partial charge in [-0.25, -0.2) is 14.4 Å². The van der Waals surface area contributed by atoms with Gasteiger partial charge >= 0.3 is 0 Å². The van der Waals surface area contributed by atoms with Crippen LogP contribution < -0.4 is 9.64 Å². The van der Waals surface area contributed by atoms with E-state index in [0.717, 1.165) is 49.5 Å². The average Bonchev–Trinajstić information content (AvgIpc) is 3.16. The number of piperidine rings is 1. The Bertz CT molecular complexity index is 927. The van der Waals surface area contributed by atoms with E-state index in [1.165, 1.54) is 19.5 Å². The van der Waals surface area contributed by atoms with Gasteiger partial charge in [0.15, 0.2) is 11.6 Å². The summed E-state index contributed by atoms with van der Waals surface area (Å²) in [7, 11) is 1.46. The van der Waals surface area contributed by atoms with Gasteiger partial charge in [-0.1, -0.05) is 0 Å². The molecule has 0 bridgehead atoms. The van der Waals surface area contributed by atoms with Gasteiger partial charge in [-0.15, -0.1) is 10.2 Å². The van der Waals surface area contributed by atoms with E-state index in [1.54, 1.807) is 12.4 Å². The Hall–Kier alpha value is -2.77. The normalized spacial score (nSPS) is 17.7. The van der Waals surface area contributed by atoms with E-state index in [2.05, 4.69) is 36.6 Å². The van der Waals surface area contributed by atoms with Crippen LogP contribution >= 0.6 is 0 Å². The molecule has 0 radical (unpaired) electrons. The molecule has 7 nitrogen and oxygen atoms in total. The molecule has 136 valence electrons. The molecule has 0 amide bonds. The molecule has 1 atom stereocenters. The minimum Gasteiger partial charge on any atom is -0.494 e. The van der Waals surface area contributed by atoms with Crippen molar-refractivity contribution < 1.29 is 9.13 Å². The summed E-state index contributed by atoms with van der Waals surface area (Å²) in [5, 5.41) is 9.18. The summed E-state index contributed by atoms with van der Waals surface area (Å²) < 4.78 is 21.2. The Kier molecular flexibility index (Phi) is 4.40. The van der Waals surface area contributed by atoms with Gasteiger partial charge in [0.25, 0.3) is 0 Å². The van der Waals surface area contributed by atoms with Crippen molar-refractivity contribution in [2.24, 2.45) is 0 Å². The predicted octanol–water partition coefficient (Wildman–Crippen LogP) is 2.77. The fraction of sp³-hybridized carbons (Fsp3) is 0.444. The smallest absolute Gasteiger partial charge is 0.167 e. The fourth-order valence-electron chi connectivity index (χ4n) is 3.66. The lowest BCUT2D eigenvalue weighted by Gasteiger charge is -2.33. The highest BCUT2D eigenvalue weighted by Gasteiger charge is 2.27. The van der Waals surface area contributed by atoms with Crippen molar-refractivity contribution in [3.63, 3.8) is 0 Å². The Morgan fingerprint density at radius 3 is 3.00 bits per heavy atom. The zero-order chi connectivity index (χ0) is 18.1. The van der Waals surface area contributed by atoms with Gasteiger partial charge in [0.1, 0.15) is 24.3 Å². The molecule has 3 aromatic rings. The highest BCUT2D eigenvalue weighted by atomic mass is 19.1. The molecule has 1 fully saturated rings. The van der Waals surface area contributed by atoms with Crippen LogP contribution in [0.25, 0.3) is 10.9 Å². The molecule has 1 aromatic carbocycles. The van der Waals surface area contributed by atoms with Crippen LogP contribution in [0.1, 0.15) is 31.5 Å². The summed E-state index contributed by atoms with van der Waals surface area (Å²) in [6.07, 6.45) is 5.37. The molecule has 3 heterocycles. The molecule has 0 N–H and O–H groups in total. The highest BCUT2D eigenvalue weighted by molar-refractivity contribution is 5.90. The van der Waals surface area contributed by atoms with E-state index in [1.807, 2.05) is 0 Å². The Morgan fingerprint density at radius 1 is 1.31 bits per heavy atom. The lowest BCUT2D eigenvalue weighted by Crippen LogP contribution is -2.36. The zero-order valence-corrected chi connectivity index (χ0v) is 14.9. The largest absolute Gasteiger partial charge is 0.494 e. The number of fused-ring (bicyclic) bond motifs is 1. The van der Waals surface area contributed by atoms with Gasteiger partial charge in [-0.3, -0.25) is 0 Å². The number of methoxy groups -OCH3 is 1. The molecule has 1 aliphatic rings. The van der Waals surface area contributed by atoms with E-state index < -0.39 is 5.82 Å². The molecule has 1 unspecified atom stereocenters. The molecule has 8 heteroatoms. The third-order valence-electron chi connectivity index (χ3n) is 4.96. The first-order valence-corrected chi connectivity index (χ1v) is 8.82. The van der Waals surface area contributed by atoms with Crippen molar-refractivity contribution in [2.45, 2.75) is 32.2 Å². The first-order valence-electron chi connectivity index (χ1n) is 8.82. The van der Waals surface area contributed by atoms with Gasteiger partial charge in [-0.2, -0.15) is 0 Å². The lowest BCUT2D eigenvalue weighted by atomic mass is 9.96. The third-order valence-corrected chi connectivity index (χ3v) is 4.96. The van der Waals surface area contributed by atoms with Gasteiger partial charge in [-0.05, 0) is 25.8 Å². The van der Waals surface area contributed by atoms with Crippen molar-refractivity contribution in [3.05, 3.63) is 36.4 Å². The second-order valence-electron chi connectivity index (χ2n) is 6.46. The molecule has 1 aliphatic heterocycles. The molecule has 0 spiro atoms. The van der Waals surface area contributed by atoms with E-state index >= 15 is 0 Å². The van der Waals surface area contributed by atoms with E-state index in [-0.39, 0.29) is 5.75 Å². The first-order chi connectivity index (χ1) is 12.7. The van der Waals surface area contributed by atoms with E-state index in [9.17, 15) is 4.39 Å². The number of hydrogen-bond acceptors (Lipinski definition) is 6. The van der Waals surface area contributed by atoms with Crippen LogP contribution in [-0.4, -0.2) is 44.9 Å². The van der Waals surface area contributed by atoms with Crippen LogP contribution in [0.15, 0.2) is 24.8 Å². The number of ether oxygens (including phenoxy) is 1. The number of nitrogens with zero attached hydrogens (tertiary/aromatic N) is 6. The monoisotopic (exact) mass is 356 g/mol. The number of anilines is 1. The van der Waals surface area contributed by atoms with Crippen molar-refractivity contribution in [3.8, 4) is 5.75 Å². The molecule has 0 saturated carbocycles. The number of halogens is 1. The number of rotatable bonds is 4. The summed E-state index contributed by atoms with van der Waals surface area (Å²) in [6, 6.07) is 3.08. The summed E-state index contributed by atoms with van der Waals surface area (Å²) in [5.74, 6) is 1.89. The lowest BCUT2D eigenvalue weighted by molar-refractivity contribution is 0.387. The molecule has 1 saturated heterocycles. The van der Waals surface area contributed by atoms with Crippen molar-refractivity contribution in [2.75, 3.05) is 25.1 Å². The molecular formula is C18H21FN6O. The maximum absolute atomic E-state index is 14.0. The zero-order valence-electron chi connectivity index (χ0n) is 14.9. The standard InChI is InChI=1S/C18H21FN6O/c1-3-24-11-22-23-17(24)12-5-4-6-25(9-12)18-13-7-16(26-2)14(19)8-15(13)20-10-21-18/h7-8,10-12H,3-6,9H2,1-2H3. The number of aryl methyl sites for hydroxylation is 1. The SMILES string of the molecule is CCn1cnnc1C1CCCN(c2ncnc3cc(F)c(OC)cc23)C1. The van der Waals surface area contributed by atoms with Crippen molar-refractivity contribution in [1.29, 1.82) is 0 Å². The number of hydrogen-bond donors (Lipinski definition) is 0. The Labute approximate surface area is 150 Å². The molecule has 4 rings (SSSR count). The molecular weight excluding hydrogens is 335 g/mol. The van der Waals surface area contributed by atoms with E-state index in [0.29, 0.717) is 11.4 Å². The minimum absolute atomic E-state index is 0.202. The Balaban J connectivity index is 1.71.